The maximum Gasteiger partial charge on any atom is 0.269 e. The first-order valence-electron chi connectivity index (χ1n) is 5.32. The summed E-state index contributed by atoms with van der Waals surface area (Å²) < 4.78 is 5.33. The van der Waals surface area contributed by atoms with Crippen LogP contribution in [-0.2, 0) is 6.54 Å². The topological polar surface area (TPSA) is 85.4 Å². The quantitative estimate of drug-likeness (QED) is 0.692. The van der Waals surface area contributed by atoms with Crippen molar-refractivity contribution in [1.29, 1.82) is 0 Å². The zero-order chi connectivity index (χ0) is 13.8. The zero-order valence-corrected chi connectivity index (χ0v) is 11.2. The number of furan rings is 1. The van der Waals surface area contributed by atoms with Gasteiger partial charge in [0.15, 0.2) is 4.67 Å². The van der Waals surface area contributed by atoms with E-state index in [1.165, 1.54) is 18.4 Å². The number of rotatable bonds is 4. The Morgan fingerprint density at radius 1 is 1.32 bits per heavy atom. The molecule has 0 aliphatic rings. The third-order valence-corrected chi connectivity index (χ3v) is 3.08. The molecule has 0 atom stereocenters. The van der Waals surface area contributed by atoms with Crippen LogP contribution in [0.2, 0.25) is 0 Å². The fourth-order valence-corrected chi connectivity index (χ4v) is 1.89. The van der Waals surface area contributed by atoms with Crippen LogP contribution in [-0.4, -0.2) is 10.8 Å². The minimum absolute atomic E-state index is 0.0210. The lowest BCUT2D eigenvalue weighted by molar-refractivity contribution is -0.384. The molecule has 1 amide bonds. The first-order chi connectivity index (χ1) is 9.08. The molecule has 98 valence electrons. The van der Waals surface area contributed by atoms with Gasteiger partial charge >= 0.3 is 0 Å². The fraction of sp³-hybridized carbons (Fsp3) is 0.0833. The average Bonchev–Trinajstić information content (AvgIpc) is 2.83. The number of hydrogen-bond donors (Lipinski definition) is 1. The summed E-state index contributed by atoms with van der Waals surface area (Å²) in [5, 5.41) is 13.2. The molecular formula is C12H9BrN2O4. The van der Waals surface area contributed by atoms with Gasteiger partial charge in [0.25, 0.3) is 11.6 Å². The number of nitrogens with one attached hydrogen (secondary N) is 1. The molecule has 2 aromatic rings. The predicted molar refractivity (Wildman–Crippen MR) is 70.7 cm³/mol. The van der Waals surface area contributed by atoms with Gasteiger partial charge in [-0.25, -0.2) is 0 Å². The summed E-state index contributed by atoms with van der Waals surface area (Å²) in [7, 11) is 0. The molecule has 1 heterocycles. The van der Waals surface area contributed by atoms with Crippen LogP contribution >= 0.6 is 15.9 Å². The van der Waals surface area contributed by atoms with Crippen LogP contribution in [0.3, 0.4) is 0 Å². The van der Waals surface area contributed by atoms with E-state index in [1.54, 1.807) is 18.2 Å². The highest BCUT2D eigenvalue weighted by atomic mass is 79.9. The Hall–Kier alpha value is -2.15. The van der Waals surface area contributed by atoms with Crippen LogP contribution in [0.25, 0.3) is 0 Å². The Labute approximate surface area is 116 Å². The van der Waals surface area contributed by atoms with Gasteiger partial charge in [0.1, 0.15) is 0 Å². The number of nitro groups is 1. The van der Waals surface area contributed by atoms with Crippen molar-refractivity contribution in [2.75, 3.05) is 0 Å². The van der Waals surface area contributed by atoms with Crippen LogP contribution in [0, 0.1) is 10.1 Å². The number of nitro benzene ring substituents is 1. The standard InChI is InChI=1S/C12H9BrN2O4/c13-11-10(5-6-19-11)12(16)14-7-8-1-3-9(4-2-8)15(17)18/h1-6H,7H2,(H,14,16). The van der Waals surface area contributed by atoms with Crippen LogP contribution in [0.15, 0.2) is 45.7 Å². The molecule has 0 saturated carbocycles. The van der Waals surface area contributed by atoms with E-state index in [-0.39, 0.29) is 18.1 Å². The summed E-state index contributed by atoms with van der Waals surface area (Å²) in [6.45, 7) is 0.286. The normalized spacial score (nSPS) is 10.2. The van der Waals surface area contributed by atoms with Gasteiger partial charge in [0, 0.05) is 18.7 Å². The molecule has 0 radical (unpaired) electrons. The lowest BCUT2D eigenvalue weighted by atomic mass is 10.2. The monoisotopic (exact) mass is 324 g/mol. The molecule has 0 spiro atoms. The highest BCUT2D eigenvalue weighted by Gasteiger charge is 2.12. The SMILES string of the molecule is O=C(NCc1ccc([N+](=O)[O-])cc1)c1ccoc1Br. The maximum atomic E-state index is 11.8. The Kier molecular flexibility index (Phi) is 3.96. The molecule has 0 fully saturated rings. The Balaban J connectivity index is 1.97. The van der Waals surface area contributed by atoms with Crippen LogP contribution in [0.1, 0.15) is 15.9 Å². The van der Waals surface area contributed by atoms with E-state index in [2.05, 4.69) is 21.2 Å². The molecule has 0 unspecified atom stereocenters. The van der Waals surface area contributed by atoms with Crippen molar-refractivity contribution in [3.63, 3.8) is 0 Å². The molecule has 2 rings (SSSR count). The van der Waals surface area contributed by atoms with Gasteiger partial charge in [-0.15, -0.1) is 0 Å². The number of amides is 1. The smallest absolute Gasteiger partial charge is 0.269 e. The van der Waals surface area contributed by atoms with Crippen molar-refractivity contribution in [2.24, 2.45) is 0 Å². The lowest BCUT2D eigenvalue weighted by Gasteiger charge is -2.04. The summed E-state index contributed by atoms with van der Waals surface area (Å²) >= 11 is 3.12. The van der Waals surface area contributed by atoms with E-state index in [9.17, 15) is 14.9 Å². The molecular weight excluding hydrogens is 316 g/mol. The molecule has 0 aliphatic heterocycles. The largest absolute Gasteiger partial charge is 0.457 e. The second-order valence-corrected chi connectivity index (χ2v) is 4.43. The summed E-state index contributed by atoms with van der Waals surface area (Å²) in [5.74, 6) is -0.279. The first-order valence-corrected chi connectivity index (χ1v) is 6.12. The molecule has 6 nitrogen and oxygen atoms in total. The third-order valence-electron chi connectivity index (χ3n) is 2.46. The summed E-state index contributed by atoms with van der Waals surface area (Å²) in [5.41, 5.74) is 1.20. The minimum atomic E-state index is -0.467. The fourth-order valence-electron chi connectivity index (χ4n) is 1.47. The maximum absolute atomic E-state index is 11.8. The van der Waals surface area contributed by atoms with Crippen molar-refractivity contribution in [3.8, 4) is 0 Å². The van der Waals surface area contributed by atoms with E-state index in [0.717, 1.165) is 5.56 Å². The number of nitrogens with zero attached hydrogens (tertiary/aromatic N) is 1. The van der Waals surface area contributed by atoms with Crippen molar-refractivity contribution in [2.45, 2.75) is 6.54 Å². The number of non-ortho nitro benzene ring substituents is 1. The van der Waals surface area contributed by atoms with Gasteiger partial charge in [-0.3, -0.25) is 14.9 Å². The van der Waals surface area contributed by atoms with E-state index < -0.39 is 4.92 Å². The predicted octanol–water partition coefficient (Wildman–Crippen LogP) is 2.88. The van der Waals surface area contributed by atoms with Crippen LogP contribution in [0.4, 0.5) is 5.69 Å². The molecule has 0 bridgehead atoms. The molecule has 19 heavy (non-hydrogen) atoms. The molecule has 7 heteroatoms. The summed E-state index contributed by atoms with van der Waals surface area (Å²) in [6.07, 6.45) is 1.41. The summed E-state index contributed by atoms with van der Waals surface area (Å²) in [4.78, 5) is 21.8. The van der Waals surface area contributed by atoms with Crippen molar-refractivity contribution in [3.05, 3.63) is 62.5 Å². The zero-order valence-electron chi connectivity index (χ0n) is 9.63. The Bertz CT molecular complexity index is 606. The van der Waals surface area contributed by atoms with E-state index in [0.29, 0.717) is 10.2 Å². The third kappa shape index (κ3) is 3.19. The second kappa shape index (κ2) is 5.66. The first kappa shape index (κ1) is 13.3. The van der Waals surface area contributed by atoms with E-state index in [4.69, 9.17) is 4.42 Å². The molecule has 1 aromatic carbocycles. The van der Waals surface area contributed by atoms with Crippen molar-refractivity contribution >= 4 is 27.5 Å². The molecule has 1 aromatic heterocycles. The van der Waals surface area contributed by atoms with Crippen LogP contribution in [0.5, 0.6) is 0 Å². The molecule has 0 aliphatic carbocycles. The molecule has 1 N–H and O–H groups in total. The van der Waals surface area contributed by atoms with Gasteiger partial charge in [0.2, 0.25) is 0 Å². The average molecular weight is 325 g/mol. The van der Waals surface area contributed by atoms with Gasteiger partial charge < -0.3 is 9.73 Å². The minimum Gasteiger partial charge on any atom is -0.457 e. The number of benzene rings is 1. The van der Waals surface area contributed by atoms with E-state index >= 15 is 0 Å². The number of hydrogen-bond acceptors (Lipinski definition) is 4. The molecule has 0 saturated heterocycles. The Morgan fingerprint density at radius 2 is 2.00 bits per heavy atom. The van der Waals surface area contributed by atoms with Crippen LogP contribution < -0.4 is 5.32 Å². The second-order valence-electron chi connectivity index (χ2n) is 3.71. The number of halogens is 1. The van der Waals surface area contributed by atoms with Crippen molar-refractivity contribution in [1.82, 2.24) is 5.32 Å². The highest BCUT2D eigenvalue weighted by Crippen LogP contribution is 2.17. The lowest BCUT2D eigenvalue weighted by Crippen LogP contribution is -2.22. The van der Waals surface area contributed by atoms with E-state index in [1.807, 2.05) is 0 Å². The number of carbonyl (C=O) groups is 1. The number of carbonyl (C=O) groups excluding carboxylic acids is 1. The highest BCUT2D eigenvalue weighted by molar-refractivity contribution is 9.10. The van der Waals surface area contributed by atoms with Gasteiger partial charge in [-0.05, 0) is 27.6 Å². The van der Waals surface area contributed by atoms with Gasteiger partial charge in [-0.2, -0.15) is 0 Å². The van der Waals surface area contributed by atoms with Gasteiger partial charge in [-0.1, -0.05) is 12.1 Å². The van der Waals surface area contributed by atoms with Crippen molar-refractivity contribution < 1.29 is 14.1 Å². The Morgan fingerprint density at radius 3 is 2.53 bits per heavy atom. The van der Waals surface area contributed by atoms with Gasteiger partial charge in [0.05, 0.1) is 16.7 Å². The summed E-state index contributed by atoms with van der Waals surface area (Å²) in [6, 6.07) is 7.55.